The van der Waals surface area contributed by atoms with Gasteiger partial charge in [0.15, 0.2) is 0 Å². The fraction of sp³-hybridized carbons (Fsp3) is 0.429. The molecule has 0 aromatic carbocycles. The molecule has 0 saturated carbocycles. The summed E-state index contributed by atoms with van der Waals surface area (Å²) in [6, 6.07) is 0. The molecule has 120 valence electrons. The van der Waals surface area contributed by atoms with Crippen molar-refractivity contribution in [3.8, 4) is 0 Å². The van der Waals surface area contributed by atoms with Crippen LogP contribution in [-0.2, 0) is 0 Å². The molecular formula is C14H16S8. The van der Waals surface area contributed by atoms with Gasteiger partial charge in [0, 0.05) is 0 Å². The first-order chi connectivity index (χ1) is 10.7. The topological polar surface area (TPSA) is 0 Å². The summed E-state index contributed by atoms with van der Waals surface area (Å²) in [5.74, 6) is 0. The van der Waals surface area contributed by atoms with Crippen molar-refractivity contribution in [1.82, 2.24) is 0 Å². The SMILES string of the molecule is CCC(CC)=C1SC2=C(S1)SC(=C1SC(SC)=C(SC)S1)S2. The monoisotopic (exact) mass is 440 g/mol. The van der Waals surface area contributed by atoms with Gasteiger partial charge in [0.2, 0.25) is 0 Å². The Morgan fingerprint density at radius 3 is 1.50 bits per heavy atom. The van der Waals surface area contributed by atoms with Crippen molar-refractivity contribution in [3.63, 3.8) is 0 Å². The molecule has 0 fully saturated rings. The van der Waals surface area contributed by atoms with Crippen LogP contribution in [0.4, 0.5) is 0 Å². The van der Waals surface area contributed by atoms with Gasteiger partial charge in [-0.3, -0.25) is 0 Å². The van der Waals surface area contributed by atoms with Crippen LogP contribution < -0.4 is 0 Å². The van der Waals surface area contributed by atoms with Crippen molar-refractivity contribution in [2.24, 2.45) is 0 Å². The van der Waals surface area contributed by atoms with Gasteiger partial charge in [0.25, 0.3) is 0 Å². The fourth-order valence-corrected chi connectivity index (χ4v) is 14.0. The van der Waals surface area contributed by atoms with E-state index < -0.39 is 0 Å². The highest BCUT2D eigenvalue weighted by Crippen LogP contribution is 2.71. The highest BCUT2D eigenvalue weighted by atomic mass is 32.3. The van der Waals surface area contributed by atoms with Gasteiger partial charge in [-0.25, -0.2) is 0 Å². The minimum Gasteiger partial charge on any atom is -0.121 e. The van der Waals surface area contributed by atoms with Crippen LogP contribution in [-0.4, -0.2) is 12.5 Å². The molecule has 3 aliphatic rings. The lowest BCUT2D eigenvalue weighted by Gasteiger charge is -2.08. The Hall–Kier alpha value is 1.76. The Morgan fingerprint density at radius 2 is 1.09 bits per heavy atom. The fourth-order valence-electron chi connectivity index (χ4n) is 1.96. The van der Waals surface area contributed by atoms with Gasteiger partial charge in [0.05, 0.1) is 29.7 Å². The maximum atomic E-state index is 2.27. The summed E-state index contributed by atoms with van der Waals surface area (Å²) in [5.41, 5.74) is 1.61. The minimum atomic E-state index is 1.18. The molecule has 0 bridgehead atoms. The number of hydrogen-bond acceptors (Lipinski definition) is 8. The predicted molar refractivity (Wildman–Crippen MR) is 121 cm³/mol. The Labute approximate surface area is 167 Å². The standard InChI is InChI=1S/C14H16S8/c1-5-7(6-2)8-17-11-12(18-8)22-14(21-11)13-19-9(15-3)10(16-4)20-13/h5-6H2,1-4H3. The molecule has 0 nitrogen and oxygen atoms in total. The summed E-state index contributed by atoms with van der Waals surface area (Å²) in [7, 11) is 0. The van der Waals surface area contributed by atoms with Crippen LogP contribution in [0.2, 0.25) is 0 Å². The van der Waals surface area contributed by atoms with Gasteiger partial charge in [-0.15, -0.1) is 23.5 Å². The summed E-state index contributed by atoms with van der Waals surface area (Å²) in [4.78, 5) is 0. The molecule has 0 unspecified atom stereocenters. The summed E-state index contributed by atoms with van der Waals surface area (Å²) >= 11 is 15.7. The smallest absolute Gasteiger partial charge is 0.0718 e. The van der Waals surface area contributed by atoms with Gasteiger partial charge in [-0.2, -0.15) is 0 Å². The molecule has 0 saturated heterocycles. The number of allylic oxidation sites excluding steroid dienone is 1. The predicted octanol–water partition coefficient (Wildman–Crippen LogP) is 8.56. The van der Waals surface area contributed by atoms with Gasteiger partial charge >= 0.3 is 0 Å². The molecule has 0 amide bonds. The molecule has 8 heteroatoms. The Morgan fingerprint density at radius 1 is 0.682 bits per heavy atom. The van der Waals surface area contributed by atoms with E-state index in [-0.39, 0.29) is 0 Å². The van der Waals surface area contributed by atoms with Crippen molar-refractivity contribution in [3.05, 3.63) is 35.2 Å². The maximum Gasteiger partial charge on any atom is 0.0718 e. The molecule has 3 heterocycles. The molecule has 3 rings (SSSR count). The average molecular weight is 441 g/mol. The molecule has 0 aromatic rings. The van der Waals surface area contributed by atoms with Gasteiger partial charge < -0.3 is 0 Å². The summed E-state index contributed by atoms with van der Waals surface area (Å²) in [6.45, 7) is 4.55. The number of hydrogen-bond donors (Lipinski definition) is 0. The van der Waals surface area contributed by atoms with E-state index in [2.05, 4.69) is 26.4 Å². The van der Waals surface area contributed by atoms with E-state index in [0.717, 1.165) is 0 Å². The van der Waals surface area contributed by atoms with Crippen molar-refractivity contribution in [2.75, 3.05) is 12.5 Å². The van der Waals surface area contributed by atoms with E-state index in [9.17, 15) is 0 Å². The van der Waals surface area contributed by atoms with Crippen molar-refractivity contribution < 1.29 is 0 Å². The molecule has 3 aliphatic heterocycles. The first kappa shape index (κ1) is 18.5. The molecule has 22 heavy (non-hydrogen) atoms. The van der Waals surface area contributed by atoms with E-state index in [4.69, 9.17) is 0 Å². The third-order valence-electron chi connectivity index (χ3n) is 3.13. The third kappa shape index (κ3) is 3.79. The molecule has 0 atom stereocenters. The van der Waals surface area contributed by atoms with Crippen LogP contribution in [0.5, 0.6) is 0 Å². The maximum absolute atomic E-state index is 2.27. The van der Waals surface area contributed by atoms with Crippen molar-refractivity contribution >= 4 is 94.1 Å². The van der Waals surface area contributed by atoms with E-state index in [1.165, 1.54) is 38.3 Å². The lowest BCUT2D eigenvalue weighted by atomic mass is 10.2. The Bertz CT molecular complexity index is 564. The second-order valence-corrected chi connectivity index (χ2v) is 13.9. The Kier molecular flexibility index (Phi) is 7.11. The van der Waals surface area contributed by atoms with Gasteiger partial charge in [-0.1, -0.05) is 84.4 Å². The second-order valence-electron chi connectivity index (χ2n) is 4.34. The van der Waals surface area contributed by atoms with E-state index >= 15 is 0 Å². The zero-order chi connectivity index (χ0) is 15.7. The van der Waals surface area contributed by atoms with Crippen molar-refractivity contribution in [1.29, 1.82) is 0 Å². The normalized spacial score (nSPS) is 21.5. The number of thioether (sulfide) groups is 8. The van der Waals surface area contributed by atoms with Crippen LogP contribution >= 0.6 is 94.1 Å². The average Bonchev–Trinajstić information content (AvgIpc) is 3.19. The van der Waals surface area contributed by atoms with E-state index in [0.29, 0.717) is 0 Å². The van der Waals surface area contributed by atoms with E-state index in [1.807, 2.05) is 94.1 Å². The molecule has 0 aromatic heterocycles. The summed E-state index contributed by atoms with van der Waals surface area (Å²) < 4.78 is 10.5. The van der Waals surface area contributed by atoms with Crippen LogP contribution in [0.1, 0.15) is 26.7 Å². The number of rotatable bonds is 4. The van der Waals surface area contributed by atoms with Crippen LogP contribution in [0.25, 0.3) is 0 Å². The Balaban J connectivity index is 1.71. The van der Waals surface area contributed by atoms with Gasteiger partial charge in [-0.05, 0) is 30.9 Å². The summed E-state index contributed by atoms with van der Waals surface area (Å²) in [6.07, 6.45) is 6.72. The minimum absolute atomic E-state index is 1.18. The first-order valence-electron chi connectivity index (χ1n) is 6.80. The third-order valence-corrected chi connectivity index (χ3v) is 14.7. The molecule has 0 spiro atoms. The molecule has 0 N–H and O–H groups in total. The van der Waals surface area contributed by atoms with E-state index in [1.54, 1.807) is 9.81 Å². The van der Waals surface area contributed by atoms with Crippen molar-refractivity contribution in [2.45, 2.75) is 26.7 Å². The molecular weight excluding hydrogens is 425 g/mol. The molecule has 0 aliphatic carbocycles. The zero-order valence-corrected chi connectivity index (χ0v) is 19.2. The quantitative estimate of drug-likeness (QED) is 0.421. The highest BCUT2D eigenvalue weighted by molar-refractivity contribution is 8.49. The zero-order valence-electron chi connectivity index (χ0n) is 12.7. The second kappa shape index (κ2) is 8.43. The summed E-state index contributed by atoms with van der Waals surface area (Å²) in [5, 5.41) is 0. The van der Waals surface area contributed by atoms with Crippen LogP contribution in [0.3, 0.4) is 0 Å². The first-order valence-corrected chi connectivity index (χ1v) is 14.1. The lowest BCUT2D eigenvalue weighted by Crippen LogP contribution is -1.80. The lowest BCUT2D eigenvalue weighted by molar-refractivity contribution is 0.981. The van der Waals surface area contributed by atoms with Crippen LogP contribution in [0, 0.1) is 0 Å². The largest absolute Gasteiger partial charge is 0.121 e. The molecule has 0 radical (unpaired) electrons. The highest BCUT2D eigenvalue weighted by Gasteiger charge is 2.34. The van der Waals surface area contributed by atoms with Crippen LogP contribution in [0.15, 0.2) is 35.2 Å². The van der Waals surface area contributed by atoms with Gasteiger partial charge in [0.1, 0.15) is 0 Å².